The molecule has 4 N–H and O–H groups in total. The van der Waals surface area contributed by atoms with Gasteiger partial charge >= 0.3 is 0 Å². The number of halogens is 2. The fourth-order valence-corrected chi connectivity index (χ4v) is 2.47. The highest BCUT2D eigenvalue weighted by molar-refractivity contribution is 5.84. The van der Waals surface area contributed by atoms with Gasteiger partial charge in [-0.25, -0.2) is 8.78 Å². The molecule has 1 saturated heterocycles. The summed E-state index contributed by atoms with van der Waals surface area (Å²) in [4.78, 5) is 12.9. The molecule has 0 bridgehead atoms. The molecule has 0 spiro atoms. The van der Waals surface area contributed by atoms with Crippen LogP contribution in [0.5, 0.6) is 0 Å². The molecule has 1 aromatic carbocycles. The summed E-state index contributed by atoms with van der Waals surface area (Å²) >= 11 is 0. The number of carbonyl (C=O) groups is 1. The van der Waals surface area contributed by atoms with Crippen molar-refractivity contribution in [1.29, 1.82) is 0 Å². The fraction of sp³-hybridized carbons (Fsp3) is 0.462. The third-order valence-electron chi connectivity index (χ3n) is 3.50. The Balaban J connectivity index is 2.39. The van der Waals surface area contributed by atoms with E-state index in [0.717, 1.165) is 12.8 Å². The number of carbonyl (C=O) groups excluding carboxylic acids is 1. The summed E-state index contributed by atoms with van der Waals surface area (Å²) in [6, 6.07) is 2.33. The lowest BCUT2D eigenvalue weighted by molar-refractivity contribution is -0.119. The Hall–Kier alpha value is -1.69. The number of nitrogens with zero attached hydrogens (tertiary/aromatic N) is 1. The number of amides is 1. The molecule has 104 valence electrons. The fourth-order valence-electron chi connectivity index (χ4n) is 2.47. The van der Waals surface area contributed by atoms with E-state index in [1.165, 1.54) is 12.1 Å². The van der Waals surface area contributed by atoms with Crippen LogP contribution in [0.2, 0.25) is 0 Å². The Morgan fingerprint density at radius 2 is 2.05 bits per heavy atom. The number of anilines is 1. The average molecular weight is 269 g/mol. The van der Waals surface area contributed by atoms with Crippen molar-refractivity contribution in [2.24, 2.45) is 11.5 Å². The van der Waals surface area contributed by atoms with Crippen molar-refractivity contribution in [2.45, 2.75) is 31.8 Å². The summed E-state index contributed by atoms with van der Waals surface area (Å²) in [5, 5.41) is 0. The smallest absolute Gasteiger partial charge is 0.240 e. The first-order valence-corrected chi connectivity index (χ1v) is 6.29. The molecule has 1 aliphatic rings. The molecule has 0 aliphatic carbocycles. The minimum atomic E-state index is -0.962. The Morgan fingerprint density at radius 1 is 1.32 bits per heavy atom. The average Bonchev–Trinajstić information content (AvgIpc) is 2.42. The molecule has 1 heterocycles. The topological polar surface area (TPSA) is 72.3 Å². The van der Waals surface area contributed by atoms with E-state index in [1.807, 2.05) is 0 Å². The summed E-state index contributed by atoms with van der Waals surface area (Å²) in [6.07, 6.45) is 2.24. The zero-order valence-electron chi connectivity index (χ0n) is 10.5. The van der Waals surface area contributed by atoms with Crippen LogP contribution >= 0.6 is 0 Å². The number of benzene rings is 1. The molecule has 0 saturated carbocycles. The third-order valence-corrected chi connectivity index (χ3v) is 3.50. The monoisotopic (exact) mass is 269 g/mol. The van der Waals surface area contributed by atoms with Gasteiger partial charge in [0.05, 0.1) is 5.69 Å². The summed E-state index contributed by atoms with van der Waals surface area (Å²) in [5.41, 5.74) is 10.9. The summed E-state index contributed by atoms with van der Waals surface area (Å²) in [5.74, 6) is -2.42. The van der Waals surface area contributed by atoms with Crippen molar-refractivity contribution in [1.82, 2.24) is 0 Å². The number of nitrogens with two attached hydrogens (primary N) is 2. The highest BCUT2D eigenvalue weighted by Crippen LogP contribution is 2.29. The molecule has 1 fully saturated rings. The molecular weight excluding hydrogens is 252 g/mol. The molecule has 19 heavy (non-hydrogen) atoms. The van der Waals surface area contributed by atoms with E-state index in [2.05, 4.69) is 0 Å². The largest absolute Gasteiger partial charge is 0.368 e. The molecule has 1 amide bonds. The van der Waals surface area contributed by atoms with Gasteiger partial charge in [-0.05, 0) is 25.3 Å². The molecule has 1 aromatic rings. The van der Waals surface area contributed by atoms with Crippen molar-refractivity contribution >= 4 is 11.6 Å². The van der Waals surface area contributed by atoms with Crippen molar-refractivity contribution in [2.75, 3.05) is 11.4 Å². The van der Waals surface area contributed by atoms with Gasteiger partial charge in [-0.3, -0.25) is 4.79 Å². The zero-order valence-corrected chi connectivity index (χ0v) is 10.5. The van der Waals surface area contributed by atoms with Crippen LogP contribution in [-0.2, 0) is 11.3 Å². The maximum atomic E-state index is 14.0. The maximum absolute atomic E-state index is 14.0. The van der Waals surface area contributed by atoms with Gasteiger partial charge in [0.2, 0.25) is 5.91 Å². The molecule has 0 aromatic heterocycles. The second-order valence-corrected chi connectivity index (χ2v) is 4.68. The Labute approximate surface area is 110 Å². The number of hydrogen-bond acceptors (Lipinski definition) is 3. The Morgan fingerprint density at radius 3 is 2.68 bits per heavy atom. The van der Waals surface area contributed by atoms with Crippen molar-refractivity contribution in [3.05, 3.63) is 29.3 Å². The second kappa shape index (κ2) is 5.52. The summed E-state index contributed by atoms with van der Waals surface area (Å²) < 4.78 is 27.8. The lowest BCUT2D eigenvalue weighted by Gasteiger charge is -2.35. The first-order chi connectivity index (χ1) is 9.06. The third kappa shape index (κ3) is 2.53. The zero-order chi connectivity index (χ0) is 14.0. The predicted octanol–water partition coefficient (Wildman–Crippen LogP) is 1.27. The first-order valence-electron chi connectivity index (χ1n) is 6.29. The van der Waals surface area contributed by atoms with Gasteiger partial charge in [0, 0.05) is 18.7 Å². The molecule has 0 radical (unpaired) electrons. The van der Waals surface area contributed by atoms with Crippen molar-refractivity contribution < 1.29 is 13.6 Å². The highest BCUT2D eigenvalue weighted by Gasteiger charge is 2.29. The number of hydrogen-bond donors (Lipinski definition) is 2. The van der Waals surface area contributed by atoms with Crippen LogP contribution in [0, 0.1) is 11.6 Å². The molecule has 1 aliphatic heterocycles. The van der Waals surface area contributed by atoms with Crippen LogP contribution in [0.3, 0.4) is 0 Å². The maximum Gasteiger partial charge on any atom is 0.240 e. The Bertz CT molecular complexity index is 493. The van der Waals surface area contributed by atoms with Crippen LogP contribution in [0.15, 0.2) is 12.1 Å². The van der Waals surface area contributed by atoms with E-state index >= 15 is 0 Å². The minimum Gasteiger partial charge on any atom is -0.368 e. The quantitative estimate of drug-likeness (QED) is 0.868. The number of piperidine rings is 1. The lowest BCUT2D eigenvalue weighted by Crippen LogP contribution is -2.48. The summed E-state index contributed by atoms with van der Waals surface area (Å²) in [7, 11) is 0. The van der Waals surface area contributed by atoms with Gasteiger partial charge < -0.3 is 16.4 Å². The molecule has 2 rings (SSSR count). The molecular formula is C13H17F2N3O. The predicted molar refractivity (Wildman–Crippen MR) is 68.4 cm³/mol. The Kier molecular flexibility index (Phi) is 3.99. The van der Waals surface area contributed by atoms with Crippen LogP contribution in [0.1, 0.15) is 24.8 Å². The first kappa shape index (κ1) is 13.7. The van der Waals surface area contributed by atoms with E-state index in [9.17, 15) is 13.6 Å². The van der Waals surface area contributed by atoms with Crippen LogP contribution in [0.4, 0.5) is 14.5 Å². The van der Waals surface area contributed by atoms with Gasteiger partial charge in [-0.1, -0.05) is 6.07 Å². The van der Waals surface area contributed by atoms with Crippen LogP contribution < -0.4 is 16.4 Å². The molecule has 4 nitrogen and oxygen atoms in total. The van der Waals surface area contributed by atoms with E-state index < -0.39 is 23.6 Å². The van der Waals surface area contributed by atoms with E-state index in [0.29, 0.717) is 13.0 Å². The minimum absolute atomic E-state index is 0.0672. The van der Waals surface area contributed by atoms with Crippen LogP contribution in [-0.4, -0.2) is 18.5 Å². The molecule has 1 unspecified atom stereocenters. The molecule has 6 heteroatoms. The second-order valence-electron chi connectivity index (χ2n) is 4.68. The lowest BCUT2D eigenvalue weighted by atomic mass is 10.00. The van der Waals surface area contributed by atoms with Crippen LogP contribution in [0.25, 0.3) is 0 Å². The van der Waals surface area contributed by atoms with Gasteiger partial charge in [0.15, 0.2) is 11.6 Å². The van der Waals surface area contributed by atoms with Crippen molar-refractivity contribution in [3.63, 3.8) is 0 Å². The van der Waals surface area contributed by atoms with Gasteiger partial charge in [0.1, 0.15) is 6.04 Å². The van der Waals surface area contributed by atoms with E-state index in [1.54, 1.807) is 4.90 Å². The van der Waals surface area contributed by atoms with E-state index in [4.69, 9.17) is 11.5 Å². The molecule has 1 atom stereocenters. The van der Waals surface area contributed by atoms with Gasteiger partial charge in [0.25, 0.3) is 0 Å². The normalized spacial score (nSPS) is 19.5. The highest BCUT2D eigenvalue weighted by atomic mass is 19.2. The number of primary amides is 1. The number of rotatable bonds is 3. The van der Waals surface area contributed by atoms with E-state index in [-0.39, 0.29) is 17.8 Å². The standard InChI is InChI=1S/C13H17F2N3O/c14-11-8(7-16)4-5-9(12(11)15)18-6-2-1-3-10(18)13(17)19/h4-5,10H,1-3,6-7,16H2,(H2,17,19). The van der Waals surface area contributed by atoms with Crippen molar-refractivity contribution in [3.8, 4) is 0 Å². The SMILES string of the molecule is NCc1ccc(N2CCCCC2C(N)=O)c(F)c1F. The summed E-state index contributed by atoms with van der Waals surface area (Å²) in [6.45, 7) is 0.425. The van der Waals surface area contributed by atoms with Gasteiger partial charge in [-0.15, -0.1) is 0 Å². The van der Waals surface area contributed by atoms with Gasteiger partial charge in [-0.2, -0.15) is 0 Å².